The van der Waals surface area contributed by atoms with Crippen molar-refractivity contribution in [2.24, 2.45) is 0 Å². The average molecular weight is 232 g/mol. The van der Waals surface area contributed by atoms with Crippen LogP contribution in [0.4, 0.5) is 11.4 Å². The number of hydrogen-bond acceptors (Lipinski definition) is 6. The minimum Gasteiger partial charge on any atom is -0.258 e. The molecule has 0 atom stereocenters. The van der Waals surface area contributed by atoms with Gasteiger partial charge in [-0.25, -0.2) is 0 Å². The van der Waals surface area contributed by atoms with Gasteiger partial charge >= 0.3 is 5.69 Å². The number of benzene rings is 1. The molecule has 14 heavy (non-hydrogen) atoms. The van der Waals surface area contributed by atoms with Crippen LogP contribution in [0.5, 0.6) is 0 Å². The summed E-state index contributed by atoms with van der Waals surface area (Å²) in [6, 6.07) is 2.32. The monoisotopic (exact) mass is 232 g/mol. The second kappa shape index (κ2) is 3.84. The highest BCUT2D eigenvalue weighted by Crippen LogP contribution is 2.36. The van der Waals surface area contributed by atoms with Crippen LogP contribution in [0, 0.1) is 20.2 Å². The van der Waals surface area contributed by atoms with E-state index in [1.54, 1.807) is 0 Å². The van der Waals surface area contributed by atoms with Crippen molar-refractivity contribution < 1.29 is 9.85 Å². The number of hydrogen-bond donors (Lipinski definition) is 2. The van der Waals surface area contributed by atoms with Crippen LogP contribution in [-0.2, 0) is 0 Å². The van der Waals surface area contributed by atoms with Gasteiger partial charge in [-0.3, -0.25) is 20.2 Å². The van der Waals surface area contributed by atoms with E-state index < -0.39 is 21.2 Å². The normalized spacial score (nSPS) is 9.86. The minimum atomic E-state index is -0.752. The number of thiol groups is 2. The zero-order valence-corrected chi connectivity index (χ0v) is 8.37. The molecule has 1 aromatic carbocycles. The second-order valence-corrected chi connectivity index (χ2v) is 3.24. The molecule has 0 spiro atoms. The van der Waals surface area contributed by atoms with Crippen LogP contribution in [0.15, 0.2) is 21.9 Å². The molecule has 0 bridgehead atoms. The van der Waals surface area contributed by atoms with Gasteiger partial charge in [-0.15, -0.1) is 25.3 Å². The Morgan fingerprint density at radius 1 is 1.07 bits per heavy atom. The van der Waals surface area contributed by atoms with E-state index in [9.17, 15) is 20.2 Å². The summed E-state index contributed by atoms with van der Waals surface area (Å²) in [5, 5.41) is 20.9. The predicted molar refractivity (Wildman–Crippen MR) is 54.3 cm³/mol. The maximum absolute atomic E-state index is 10.5. The van der Waals surface area contributed by atoms with Crippen LogP contribution in [-0.4, -0.2) is 9.85 Å². The molecule has 0 aromatic heterocycles. The summed E-state index contributed by atoms with van der Waals surface area (Å²) in [7, 11) is 0. The van der Waals surface area contributed by atoms with E-state index >= 15 is 0 Å². The molecule has 0 aliphatic heterocycles. The Kier molecular flexibility index (Phi) is 2.96. The molecular weight excluding hydrogens is 228 g/mol. The Balaban J connectivity index is 3.49. The molecule has 0 heterocycles. The Labute approximate surface area is 89.0 Å². The molecule has 1 rings (SSSR count). The first-order valence-corrected chi connectivity index (χ1v) is 4.18. The third kappa shape index (κ3) is 1.80. The van der Waals surface area contributed by atoms with E-state index in [1.807, 2.05) is 0 Å². The van der Waals surface area contributed by atoms with Gasteiger partial charge in [-0.2, -0.15) is 0 Å². The number of nitro benzene ring substituents is 2. The van der Waals surface area contributed by atoms with E-state index in [1.165, 1.54) is 6.07 Å². The number of nitrogens with zero attached hydrogens (tertiary/aromatic N) is 2. The summed E-state index contributed by atoms with van der Waals surface area (Å²) in [5.41, 5.74) is -0.858. The fourth-order valence-corrected chi connectivity index (χ4v) is 1.60. The van der Waals surface area contributed by atoms with E-state index in [-0.39, 0.29) is 9.79 Å². The van der Waals surface area contributed by atoms with Gasteiger partial charge < -0.3 is 0 Å². The molecular formula is C6H4N2O4S2. The highest BCUT2D eigenvalue weighted by molar-refractivity contribution is 7.81. The van der Waals surface area contributed by atoms with Gasteiger partial charge in [-0.1, -0.05) is 0 Å². The lowest BCUT2D eigenvalue weighted by Crippen LogP contribution is -1.96. The van der Waals surface area contributed by atoms with Crippen LogP contribution >= 0.6 is 25.3 Å². The maximum atomic E-state index is 10.5. The summed E-state index contributed by atoms with van der Waals surface area (Å²) < 4.78 is 0. The van der Waals surface area contributed by atoms with Gasteiger partial charge in [0.25, 0.3) is 5.69 Å². The van der Waals surface area contributed by atoms with Gasteiger partial charge in [0.2, 0.25) is 0 Å². The lowest BCUT2D eigenvalue weighted by molar-refractivity contribution is -0.401. The number of nitro groups is 2. The van der Waals surface area contributed by atoms with Crippen LogP contribution in [0.2, 0.25) is 0 Å². The number of rotatable bonds is 2. The van der Waals surface area contributed by atoms with E-state index in [4.69, 9.17) is 0 Å². The predicted octanol–water partition coefficient (Wildman–Crippen LogP) is 2.08. The maximum Gasteiger partial charge on any atom is 0.302 e. The zero-order valence-electron chi connectivity index (χ0n) is 6.58. The summed E-state index contributed by atoms with van der Waals surface area (Å²) in [6.07, 6.45) is 0. The molecule has 74 valence electrons. The SMILES string of the molecule is O=[N+]([O-])c1ccc(S)c([N+](=O)[O-])c1S. The van der Waals surface area contributed by atoms with Crippen LogP contribution in [0.3, 0.4) is 0 Å². The first-order valence-electron chi connectivity index (χ1n) is 3.29. The third-order valence-electron chi connectivity index (χ3n) is 1.49. The smallest absolute Gasteiger partial charge is 0.258 e. The van der Waals surface area contributed by atoms with E-state index in [2.05, 4.69) is 25.3 Å². The molecule has 1 aromatic rings. The topological polar surface area (TPSA) is 86.3 Å². The second-order valence-electron chi connectivity index (χ2n) is 2.32. The molecule has 0 amide bonds. The lowest BCUT2D eigenvalue weighted by Gasteiger charge is -1.99. The lowest BCUT2D eigenvalue weighted by atomic mass is 10.3. The first kappa shape index (κ1) is 10.8. The third-order valence-corrected chi connectivity index (χ3v) is 2.29. The zero-order chi connectivity index (χ0) is 10.9. The summed E-state index contributed by atoms with van der Waals surface area (Å²) in [6.45, 7) is 0. The van der Waals surface area contributed by atoms with Crippen molar-refractivity contribution in [1.29, 1.82) is 0 Å². The van der Waals surface area contributed by atoms with Crippen molar-refractivity contribution in [3.05, 3.63) is 32.4 Å². The molecule has 0 aliphatic rings. The Bertz CT molecular complexity index is 421. The Morgan fingerprint density at radius 2 is 1.64 bits per heavy atom. The molecule has 6 nitrogen and oxygen atoms in total. The van der Waals surface area contributed by atoms with Crippen LogP contribution in [0.25, 0.3) is 0 Å². The largest absolute Gasteiger partial charge is 0.302 e. The van der Waals surface area contributed by atoms with Crippen molar-refractivity contribution in [3.8, 4) is 0 Å². The van der Waals surface area contributed by atoms with Gasteiger partial charge in [-0.05, 0) is 6.07 Å². The fourth-order valence-electron chi connectivity index (χ4n) is 0.886. The summed E-state index contributed by atoms with van der Waals surface area (Å²) in [4.78, 5) is 19.2. The molecule has 8 heteroatoms. The molecule has 0 radical (unpaired) electrons. The molecule has 0 N–H and O–H groups in total. The molecule has 0 aliphatic carbocycles. The van der Waals surface area contributed by atoms with Gasteiger partial charge in [0.1, 0.15) is 0 Å². The highest BCUT2D eigenvalue weighted by Gasteiger charge is 2.24. The Morgan fingerprint density at radius 3 is 2.07 bits per heavy atom. The minimum absolute atomic E-state index is 0.0469. The van der Waals surface area contributed by atoms with Crippen LogP contribution < -0.4 is 0 Å². The van der Waals surface area contributed by atoms with Crippen molar-refractivity contribution in [1.82, 2.24) is 0 Å². The summed E-state index contributed by atoms with van der Waals surface area (Å²) in [5.74, 6) is 0. The highest BCUT2D eigenvalue weighted by atomic mass is 32.1. The van der Waals surface area contributed by atoms with Gasteiger partial charge in [0, 0.05) is 6.07 Å². The standard InChI is InChI=1S/C6H4N2O4S2/c9-7(10)3-1-2-4(13)5(6(3)14)8(11)12/h1-2,13-14H. The fraction of sp³-hybridized carbons (Fsp3) is 0. The van der Waals surface area contributed by atoms with Crippen molar-refractivity contribution in [3.63, 3.8) is 0 Å². The van der Waals surface area contributed by atoms with E-state index in [0.717, 1.165) is 6.07 Å². The molecule has 0 fully saturated rings. The molecule has 0 unspecified atom stereocenters. The first-order chi connectivity index (χ1) is 6.45. The van der Waals surface area contributed by atoms with Gasteiger partial charge in [0.05, 0.1) is 14.7 Å². The van der Waals surface area contributed by atoms with Crippen molar-refractivity contribution in [2.45, 2.75) is 9.79 Å². The van der Waals surface area contributed by atoms with Crippen molar-refractivity contribution in [2.75, 3.05) is 0 Å². The quantitative estimate of drug-likeness (QED) is 0.464. The van der Waals surface area contributed by atoms with Gasteiger partial charge in [0.15, 0.2) is 4.90 Å². The summed E-state index contributed by atoms with van der Waals surface area (Å²) >= 11 is 7.54. The Hall–Kier alpha value is -1.28. The van der Waals surface area contributed by atoms with E-state index in [0.29, 0.717) is 0 Å². The van der Waals surface area contributed by atoms with Crippen molar-refractivity contribution >= 4 is 36.6 Å². The molecule has 0 saturated heterocycles. The van der Waals surface area contributed by atoms with Crippen LogP contribution in [0.1, 0.15) is 0 Å². The average Bonchev–Trinajstić information content (AvgIpc) is 2.02. The molecule has 0 saturated carbocycles.